The van der Waals surface area contributed by atoms with Crippen molar-refractivity contribution in [2.75, 3.05) is 13.7 Å². The van der Waals surface area contributed by atoms with E-state index in [2.05, 4.69) is 10.1 Å². The maximum absolute atomic E-state index is 11.5. The number of para-hydroxylation sites is 1. The van der Waals surface area contributed by atoms with Gasteiger partial charge < -0.3 is 15.2 Å². The number of phenols is 1. The number of nitrogens with one attached hydrogen (secondary N) is 1. The molecule has 1 aromatic carbocycles. The van der Waals surface area contributed by atoms with Crippen LogP contribution in [-0.2, 0) is 9.53 Å². The summed E-state index contributed by atoms with van der Waals surface area (Å²) < 4.78 is 4.66. The van der Waals surface area contributed by atoms with Crippen molar-refractivity contribution in [2.45, 2.75) is 13.0 Å². The first kappa shape index (κ1) is 11.5. The highest BCUT2D eigenvalue weighted by Crippen LogP contribution is 2.24. The van der Waals surface area contributed by atoms with Gasteiger partial charge in [0.15, 0.2) is 0 Å². The maximum atomic E-state index is 11.5. The van der Waals surface area contributed by atoms with Gasteiger partial charge in [0.05, 0.1) is 7.11 Å². The van der Waals surface area contributed by atoms with Gasteiger partial charge in [-0.15, -0.1) is 0 Å². The highest BCUT2D eigenvalue weighted by atomic mass is 16.5. The number of phenolic OH excluding ortho intramolecular Hbond substituents is 1. The van der Waals surface area contributed by atoms with E-state index in [0.29, 0.717) is 12.1 Å². The normalized spacial score (nSPS) is 12.1. The number of likely N-dealkylation sites (N-methyl/N-ethyl adjacent to an activating group) is 1. The monoisotopic (exact) mass is 209 g/mol. The van der Waals surface area contributed by atoms with Crippen LogP contribution in [0.1, 0.15) is 18.5 Å². The van der Waals surface area contributed by atoms with Crippen LogP contribution in [0.5, 0.6) is 5.75 Å². The highest BCUT2D eigenvalue weighted by Gasteiger charge is 2.22. The molecule has 0 radical (unpaired) electrons. The number of hydrogen-bond acceptors (Lipinski definition) is 4. The van der Waals surface area contributed by atoms with Crippen LogP contribution < -0.4 is 5.32 Å². The average molecular weight is 209 g/mol. The zero-order chi connectivity index (χ0) is 11.3. The molecule has 4 nitrogen and oxygen atoms in total. The van der Waals surface area contributed by atoms with Crippen molar-refractivity contribution in [2.24, 2.45) is 0 Å². The summed E-state index contributed by atoms with van der Waals surface area (Å²) in [4.78, 5) is 11.5. The summed E-state index contributed by atoms with van der Waals surface area (Å²) in [6.07, 6.45) is 0. The Morgan fingerprint density at radius 2 is 2.20 bits per heavy atom. The highest BCUT2D eigenvalue weighted by molar-refractivity contribution is 5.78. The zero-order valence-corrected chi connectivity index (χ0v) is 8.86. The molecule has 2 N–H and O–H groups in total. The summed E-state index contributed by atoms with van der Waals surface area (Å²) in [6.45, 7) is 2.50. The lowest BCUT2D eigenvalue weighted by Gasteiger charge is -2.16. The smallest absolute Gasteiger partial charge is 0.327 e. The first-order valence-electron chi connectivity index (χ1n) is 4.79. The van der Waals surface area contributed by atoms with Gasteiger partial charge in [-0.2, -0.15) is 0 Å². The van der Waals surface area contributed by atoms with Crippen LogP contribution in [0.25, 0.3) is 0 Å². The topological polar surface area (TPSA) is 58.6 Å². The van der Waals surface area contributed by atoms with Crippen molar-refractivity contribution in [1.82, 2.24) is 5.32 Å². The molecule has 0 aromatic heterocycles. The molecule has 1 aromatic rings. The number of carbonyl (C=O) groups is 1. The predicted octanol–water partition coefficient (Wildman–Crippen LogP) is 1.22. The Hall–Kier alpha value is -1.55. The lowest BCUT2D eigenvalue weighted by atomic mass is 10.1. The first-order chi connectivity index (χ1) is 7.20. The fourth-order valence-electron chi connectivity index (χ4n) is 1.37. The van der Waals surface area contributed by atoms with Crippen LogP contribution in [0.15, 0.2) is 24.3 Å². The Morgan fingerprint density at radius 3 is 2.73 bits per heavy atom. The summed E-state index contributed by atoms with van der Waals surface area (Å²) in [7, 11) is 1.33. The van der Waals surface area contributed by atoms with Crippen LogP contribution in [-0.4, -0.2) is 24.7 Å². The molecular formula is C11H15NO3. The molecule has 0 aliphatic rings. The van der Waals surface area contributed by atoms with E-state index >= 15 is 0 Å². The Labute approximate surface area is 88.9 Å². The summed E-state index contributed by atoms with van der Waals surface area (Å²) in [6, 6.07) is 6.10. The van der Waals surface area contributed by atoms with E-state index in [-0.39, 0.29) is 5.75 Å². The number of carbonyl (C=O) groups excluding carboxylic acids is 1. The van der Waals surface area contributed by atoms with Gasteiger partial charge in [0.2, 0.25) is 0 Å². The Balaban J connectivity index is 2.98. The molecule has 82 valence electrons. The van der Waals surface area contributed by atoms with Gasteiger partial charge in [-0.25, -0.2) is 4.79 Å². The Morgan fingerprint density at radius 1 is 1.53 bits per heavy atom. The molecule has 0 heterocycles. The van der Waals surface area contributed by atoms with Gasteiger partial charge in [0.25, 0.3) is 0 Å². The molecule has 15 heavy (non-hydrogen) atoms. The molecule has 0 amide bonds. The molecule has 0 aliphatic heterocycles. The van der Waals surface area contributed by atoms with Crippen LogP contribution in [0.4, 0.5) is 0 Å². The number of benzene rings is 1. The van der Waals surface area contributed by atoms with E-state index in [9.17, 15) is 9.90 Å². The van der Waals surface area contributed by atoms with Gasteiger partial charge >= 0.3 is 5.97 Å². The van der Waals surface area contributed by atoms with E-state index in [1.807, 2.05) is 6.92 Å². The van der Waals surface area contributed by atoms with Crippen molar-refractivity contribution in [3.8, 4) is 5.75 Å². The van der Waals surface area contributed by atoms with E-state index in [1.165, 1.54) is 7.11 Å². The number of ether oxygens (including phenoxy) is 1. The number of rotatable bonds is 4. The van der Waals surface area contributed by atoms with Crippen molar-refractivity contribution in [3.63, 3.8) is 0 Å². The summed E-state index contributed by atoms with van der Waals surface area (Å²) in [5.74, 6) is -0.313. The maximum Gasteiger partial charge on any atom is 0.327 e. The fraction of sp³-hybridized carbons (Fsp3) is 0.364. The molecule has 0 bridgehead atoms. The van der Waals surface area contributed by atoms with E-state index in [0.717, 1.165) is 0 Å². The van der Waals surface area contributed by atoms with Crippen LogP contribution in [0.2, 0.25) is 0 Å². The fourth-order valence-corrected chi connectivity index (χ4v) is 1.37. The summed E-state index contributed by atoms with van der Waals surface area (Å²) >= 11 is 0. The van der Waals surface area contributed by atoms with Crippen molar-refractivity contribution in [1.29, 1.82) is 0 Å². The second kappa shape index (κ2) is 5.36. The van der Waals surface area contributed by atoms with Gasteiger partial charge in [-0.1, -0.05) is 25.1 Å². The molecule has 4 heteroatoms. The molecule has 0 saturated carbocycles. The van der Waals surface area contributed by atoms with Crippen molar-refractivity contribution in [3.05, 3.63) is 29.8 Å². The summed E-state index contributed by atoms with van der Waals surface area (Å²) in [5.41, 5.74) is 0.534. The second-order valence-corrected chi connectivity index (χ2v) is 3.07. The van der Waals surface area contributed by atoms with E-state index < -0.39 is 12.0 Å². The van der Waals surface area contributed by atoms with Crippen molar-refractivity contribution >= 4 is 5.97 Å². The van der Waals surface area contributed by atoms with E-state index in [4.69, 9.17) is 0 Å². The predicted molar refractivity (Wildman–Crippen MR) is 56.5 cm³/mol. The van der Waals surface area contributed by atoms with Gasteiger partial charge in [-0.05, 0) is 12.6 Å². The minimum Gasteiger partial charge on any atom is -0.508 e. The van der Waals surface area contributed by atoms with Crippen molar-refractivity contribution < 1.29 is 14.6 Å². The molecule has 1 rings (SSSR count). The number of aromatic hydroxyl groups is 1. The molecule has 0 fully saturated rings. The lowest BCUT2D eigenvalue weighted by Crippen LogP contribution is -2.29. The standard InChI is InChI=1S/C11H15NO3/c1-3-12-10(11(14)15-2)8-6-4-5-7-9(8)13/h4-7,10,12-13H,3H2,1-2H3. The lowest BCUT2D eigenvalue weighted by molar-refractivity contribution is -0.143. The quantitative estimate of drug-likeness (QED) is 0.732. The Bertz CT molecular complexity index is 338. The van der Waals surface area contributed by atoms with Crippen LogP contribution in [0.3, 0.4) is 0 Å². The number of hydrogen-bond donors (Lipinski definition) is 2. The van der Waals surface area contributed by atoms with Gasteiger partial charge in [0, 0.05) is 5.56 Å². The SMILES string of the molecule is CCNC(C(=O)OC)c1ccccc1O. The largest absolute Gasteiger partial charge is 0.508 e. The zero-order valence-electron chi connectivity index (χ0n) is 8.86. The third-order valence-electron chi connectivity index (χ3n) is 2.09. The molecule has 1 atom stereocenters. The minimum atomic E-state index is -0.610. The third kappa shape index (κ3) is 2.70. The Kier molecular flexibility index (Phi) is 4.12. The summed E-state index contributed by atoms with van der Waals surface area (Å²) in [5, 5.41) is 12.6. The molecule has 0 saturated heterocycles. The average Bonchev–Trinajstić information content (AvgIpc) is 2.26. The number of methoxy groups -OCH3 is 1. The van der Waals surface area contributed by atoms with Gasteiger partial charge in [0.1, 0.15) is 11.8 Å². The molecular weight excluding hydrogens is 194 g/mol. The van der Waals surface area contributed by atoms with Crippen LogP contribution in [0, 0.1) is 0 Å². The van der Waals surface area contributed by atoms with Gasteiger partial charge in [-0.3, -0.25) is 0 Å². The third-order valence-corrected chi connectivity index (χ3v) is 2.09. The number of esters is 1. The molecule has 1 unspecified atom stereocenters. The van der Waals surface area contributed by atoms with Crippen LogP contribution >= 0.6 is 0 Å². The second-order valence-electron chi connectivity index (χ2n) is 3.07. The molecule has 0 spiro atoms. The van der Waals surface area contributed by atoms with E-state index in [1.54, 1.807) is 24.3 Å². The first-order valence-corrected chi connectivity index (χ1v) is 4.79. The minimum absolute atomic E-state index is 0.0915. The molecule has 0 aliphatic carbocycles.